The maximum atomic E-state index is 10.1. The number of nitrogens with zero attached hydrogens (tertiary/aromatic N) is 1. The van der Waals surface area contributed by atoms with Gasteiger partial charge in [0.2, 0.25) is 0 Å². The summed E-state index contributed by atoms with van der Waals surface area (Å²) >= 11 is 3.92. The predicted octanol–water partition coefficient (Wildman–Crippen LogP) is 13.9. The number of hydrogen-bond donors (Lipinski definition) is 3. The normalized spacial score (nSPS) is 10.8. The number of hydroxylamine groups is 2. The summed E-state index contributed by atoms with van der Waals surface area (Å²) in [6, 6.07) is 0. The summed E-state index contributed by atoms with van der Waals surface area (Å²) in [6.45, 7) is 14.6. The average molecular weight is 709 g/mol. The van der Waals surface area contributed by atoms with E-state index in [1.54, 1.807) is 5.06 Å². The average Bonchev–Trinajstić information content (AvgIpc) is 3.09. The Kier molecular flexibility index (Phi) is 77.5. The molecule has 0 bridgehead atoms. The molecule has 1 atom stereocenters. The van der Waals surface area contributed by atoms with Crippen LogP contribution in [0.2, 0.25) is 0 Å². The topological polar surface area (TPSA) is 75.8 Å². The molecule has 5 nitrogen and oxygen atoms in total. The summed E-state index contributed by atoms with van der Waals surface area (Å²) in [5.74, 6) is 1.90. The lowest BCUT2D eigenvalue weighted by molar-refractivity contribution is -0.0980. The van der Waals surface area contributed by atoms with Crippen molar-refractivity contribution < 1.29 is 14.7 Å². The van der Waals surface area contributed by atoms with Gasteiger partial charge in [0.25, 0.3) is 0 Å². The van der Waals surface area contributed by atoms with E-state index in [-0.39, 0.29) is 14.9 Å². The smallest absolute Gasteiger partial charge is 0.106 e. The molecular weight excluding hydrogens is 613 g/mol. The number of hydrogen-bond acceptors (Lipinski definition) is 6. The Balaban J connectivity index is -0.000000400. The number of ether oxygens (including phenoxy) is 1. The highest BCUT2D eigenvalue weighted by Gasteiger charge is 2.09. The van der Waals surface area contributed by atoms with E-state index in [4.69, 9.17) is 9.53 Å². The molecule has 0 fully saturated rings. The van der Waals surface area contributed by atoms with Crippen molar-refractivity contribution in [2.75, 3.05) is 39.1 Å². The molecule has 0 rings (SSSR count). The van der Waals surface area contributed by atoms with Crippen LogP contribution in [-0.4, -0.2) is 56.2 Å². The van der Waals surface area contributed by atoms with E-state index in [0.29, 0.717) is 0 Å². The summed E-state index contributed by atoms with van der Waals surface area (Å²) in [6.07, 6.45) is 37.4. The molecule has 48 heavy (non-hydrogen) atoms. The van der Waals surface area contributed by atoms with Gasteiger partial charge in [0, 0.05) is 26.3 Å². The van der Waals surface area contributed by atoms with E-state index >= 15 is 0 Å². The molecule has 298 valence electrons. The Hall–Kier alpha value is -0.140. The molecule has 0 saturated heterocycles. The molecule has 6 heteroatoms. The van der Waals surface area contributed by atoms with Gasteiger partial charge in [-0.25, -0.2) is 0 Å². The second-order valence-electron chi connectivity index (χ2n) is 12.9. The van der Waals surface area contributed by atoms with Crippen LogP contribution in [0.5, 0.6) is 0 Å². The summed E-state index contributed by atoms with van der Waals surface area (Å²) < 4.78 is 6.05. The zero-order valence-corrected chi connectivity index (χ0v) is 33.2. The van der Waals surface area contributed by atoms with Crippen molar-refractivity contribution in [1.82, 2.24) is 5.06 Å². The summed E-state index contributed by atoms with van der Waals surface area (Å²) in [7, 11) is 1.50. The highest BCUT2D eigenvalue weighted by Crippen LogP contribution is 2.22. The van der Waals surface area contributed by atoms with E-state index in [1.807, 2.05) is 6.79 Å². The standard InChI is InChI=1S/C35H73NO2.C3H8S.CH5N.CH2O.2CH4/c1-4-7-10-13-15-16-20-25-31-36(37)32-26-21-17-18-22-27-33-38-34-30-35(28-23-12-9-6-3)29-24-19-14-11-8-5-2;1-2-3-4;2*1-2;;/h35,37H,4-34H2,1-3H3;4H,2-3H2,1H3;2H2,1H3;1H2;2*1H4. The minimum atomic E-state index is 0. The monoisotopic (exact) mass is 709 g/mol. The van der Waals surface area contributed by atoms with Gasteiger partial charge in [-0.15, -0.1) is 0 Å². The fourth-order valence-corrected chi connectivity index (χ4v) is 5.60. The van der Waals surface area contributed by atoms with Gasteiger partial charge in [0.15, 0.2) is 0 Å². The number of unbranched alkanes of at least 4 members (excludes halogenated alkanes) is 20. The Morgan fingerprint density at radius 2 is 0.833 bits per heavy atom. The van der Waals surface area contributed by atoms with Gasteiger partial charge < -0.3 is 20.5 Å². The number of thiol groups is 1. The van der Waals surface area contributed by atoms with Crippen LogP contribution in [0.25, 0.3) is 0 Å². The van der Waals surface area contributed by atoms with Crippen LogP contribution in [-0.2, 0) is 9.53 Å². The molecule has 0 aromatic rings. The number of rotatable bonds is 34. The van der Waals surface area contributed by atoms with Gasteiger partial charge in [-0.1, -0.05) is 190 Å². The largest absolute Gasteiger partial charge is 0.381 e. The summed E-state index contributed by atoms with van der Waals surface area (Å²) in [5, 5.41) is 11.6. The molecule has 0 aliphatic heterocycles. The van der Waals surface area contributed by atoms with E-state index in [0.717, 1.165) is 50.8 Å². The molecule has 0 aliphatic rings. The lowest BCUT2D eigenvalue weighted by Gasteiger charge is -2.17. The van der Waals surface area contributed by atoms with E-state index in [1.165, 1.54) is 174 Å². The maximum absolute atomic E-state index is 10.1. The Morgan fingerprint density at radius 1 is 0.521 bits per heavy atom. The minimum absolute atomic E-state index is 0. The second kappa shape index (κ2) is 62.0. The van der Waals surface area contributed by atoms with Crippen LogP contribution in [0.3, 0.4) is 0 Å². The minimum Gasteiger partial charge on any atom is -0.381 e. The van der Waals surface area contributed by atoms with Crippen LogP contribution in [0, 0.1) is 5.92 Å². The Bertz CT molecular complexity index is 472. The molecule has 0 amide bonds. The maximum Gasteiger partial charge on any atom is 0.106 e. The van der Waals surface area contributed by atoms with Gasteiger partial charge in [-0.05, 0) is 50.8 Å². The third kappa shape index (κ3) is 61.1. The van der Waals surface area contributed by atoms with Crippen LogP contribution < -0.4 is 5.73 Å². The number of carbonyl (C=O) groups excluding carboxylic acids is 1. The van der Waals surface area contributed by atoms with Crippen molar-refractivity contribution in [3.8, 4) is 0 Å². The second-order valence-corrected chi connectivity index (χ2v) is 13.4. The van der Waals surface area contributed by atoms with Crippen LogP contribution in [0.1, 0.15) is 222 Å². The van der Waals surface area contributed by atoms with Gasteiger partial charge >= 0.3 is 0 Å². The van der Waals surface area contributed by atoms with Crippen molar-refractivity contribution >= 4 is 19.4 Å². The molecule has 0 aliphatic carbocycles. The van der Waals surface area contributed by atoms with Gasteiger partial charge in [-0.3, -0.25) is 0 Å². The van der Waals surface area contributed by atoms with Crippen LogP contribution in [0.4, 0.5) is 0 Å². The predicted molar refractivity (Wildman–Crippen MR) is 224 cm³/mol. The Morgan fingerprint density at radius 3 is 1.21 bits per heavy atom. The highest BCUT2D eigenvalue weighted by molar-refractivity contribution is 7.80. The van der Waals surface area contributed by atoms with Crippen molar-refractivity contribution in [1.29, 1.82) is 0 Å². The summed E-state index contributed by atoms with van der Waals surface area (Å²) in [5.41, 5.74) is 4.50. The van der Waals surface area contributed by atoms with Crippen LogP contribution in [0.15, 0.2) is 0 Å². The summed E-state index contributed by atoms with van der Waals surface area (Å²) in [4.78, 5) is 8.00. The molecule has 0 saturated carbocycles. The highest BCUT2D eigenvalue weighted by atomic mass is 32.1. The van der Waals surface area contributed by atoms with Crippen LogP contribution >= 0.6 is 12.6 Å². The van der Waals surface area contributed by atoms with E-state index in [9.17, 15) is 5.21 Å². The third-order valence-electron chi connectivity index (χ3n) is 8.55. The molecule has 1 unspecified atom stereocenters. The first kappa shape index (κ1) is 60.0. The third-order valence-corrected chi connectivity index (χ3v) is 9.00. The van der Waals surface area contributed by atoms with Crippen molar-refractivity contribution in [2.45, 2.75) is 222 Å². The molecule has 0 aromatic heterocycles. The fraction of sp³-hybridized carbons (Fsp3) is 0.976. The first-order valence-corrected chi connectivity index (χ1v) is 20.8. The van der Waals surface area contributed by atoms with E-state index in [2.05, 4.69) is 46.1 Å². The number of nitrogens with two attached hydrogens (primary N) is 1. The van der Waals surface area contributed by atoms with Crippen molar-refractivity contribution in [3.05, 3.63) is 0 Å². The lowest BCUT2D eigenvalue weighted by Crippen LogP contribution is -2.21. The zero-order chi connectivity index (χ0) is 35.2. The lowest BCUT2D eigenvalue weighted by atomic mass is 9.92. The SMILES string of the molecule is C.C.C=O.CCCCCCCCCCN(O)CCCCCCCCOCCC(CCCCCC)CCCCCCCC.CCCS.CN. The number of carbonyl (C=O) groups is 1. The molecule has 0 radical (unpaired) electrons. The van der Waals surface area contributed by atoms with Crippen molar-refractivity contribution in [3.63, 3.8) is 0 Å². The van der Waals surface area contributed by atoms with Crippen molar-refractivity contribution in [2.24, 2.45) is 11.7 Å². The van der Waals surface area contributed by atoms with Gasteiger partial charge in [-0.2, -0.15) is 17.7 Å². The Labute approximate surface area is 311 Å². The first-order valence-electron chi connectivity index (χ1n) is 20.1. The van der Waals surface area contributed by atoms with Gasteiger partial charge in [0.1, 0.15) is 6.79 Å². The molecule has 3 N–H and O–H groups in total. The quantitative estimate of drug-likeness (QED) is 0.0352. The molecule has 0 spiro atoms. The zero-order valence-electron chi connectivity index (χ0n) is 32.4. The molecule has 0 heterocycles. The van der Waals surface area contributed by atoms with Gasteiger partial charge in [0.05, 0.1) is 0 Å². The molecular formula is C42H96N2O3S. The first-order chi connectivity index (χ1) is 22.7. The molecule has 0 aromatic carbocycles. The fourth-order valence-electron chi connectivity index (χ4n) is 5.60. The van der Waals surface area contributed by atoms with E-state index < -0.39 is 0 Å².